The minimum atomic E-state index is -0.335. The smallest absolute Gasteiger partial charge is 0.292 e. The summed E-state index contributed by atoms with van der Waals surface area (Å²) in [5.74, 6) is 0.00492. The number of oxazole rings is 1. The number of benzene rings is 1. The fourth-order valence-electron chi connectivity index (χ4n) is 1.20. The molecule has 0 aliphatic carbocycles. The highest BCUT2D eigenvalue weighted by molar-refractivity contribution is 6.27. The lowest BCUT2D eigenvalue weighted by molar-refractivity contribution is 0.563. The molecule has 1 aromatic carbocycles. The van der Waals surface area contributed by atoms with Gasteiger partial charge in [-0.2, -0.15) is 0 Å². The van der Waals surface area contributed by atoms with Crippen LogP contribution in [0, 0.1) is 12.7 Å². The monoisotopic (exact) mass is 211 g/mol. The minimum absolute atomic E-state index is 0.0139. The van der Waals surface area contributed by atoms with Gasteiger partial charge in [-0.05, 0) is 36.2 Å². The zero-order chi connectivity index (χ0) is 10.1. The van der Waals surface area contributed by atoms with Gasteiger partial charge in [0.25, 0.3) is 5.35 Å². The number of nitrogens with zero attached hydrogens (tertiary/aromatic N) is 1. The Morgan fingerprint density at radius 3 is 2.79 bits per heavy atom. The van der Waals surface area contributed by atoms with Crippen molar-refractivity contribution in [2.75, 3.05) is 0 Å². The van der Waals surface area contributed by atoms with Crippen molar-refractivity contribution in [2.24, 2.45) is 0 Å². The van der Waals surface area contributed by atoms with E-state index in [9.17, 15) is 4.39 Å². The third-order valence-electron chi connectivity index (χ3n) is 1.87. The Bertz CT molecular complexity index is 467. The minimum Gasteiger partial charge on any atom is -0.427 e. The molecule has 0 fully saturated rings. The van der Waals surface area contributed by atoms with Gasteiger partial charge in [0.1, 0.15) is 5.82 Å². The molecule has 72 valence electrons. The summed E-state index contributed by atoms with van der Waals surface area (Å²) < 4.78 is 18.4. The van der Waals surface area contributed by atoms with Crippen LogP contribution >= 0.6 is 11.6 Å². The molecule has 0 aliphatic heterocycles. The summed E-state index contributed by atoms with van der Waals surface area (Å²) in [4.78, 5) is 3.69. The highest BCUT2D eigenvalue weighted by Gasteiger charge is 2.09. The Balaban J connectivity index is 2.52. The Hall–Kier alpha value is -1.35. The van der Waals surface area contributed by atoms with Crippen molar-refractivity contribution in [1.29, 1.82) is 0 Å². The maximum Gasteiger partial charge on any atom is 0.292 e. The topological polar surface area (TPSA) is 26.0 Å². The van der Waals surface area contributed by atoms with Gasteiger partial charge in [-0.1, -0.05) is 6.07 Å². The van der Waals surface area contributed by atoms with Crippen molar-refractivity contribution in [3.05, 3.63) is 41.1 Å². The van der Waals surface area contributed by atoms with Crippen LogP contribution in [0.3, 0.4) is 0 Å². The van der Waals surface area contributed by atoms with Gasteiger partial charge < -0.3 is 4.42 Å². The Morgan fingerprint density at radius 2 is 2.21 bits per heavy atom. The number of halogens is 2. The molecular weight excluding hydrogens is 205 g/mol. The van der Waals surface area contributed by atoms with E-state index in [2.05, 4.69) is 4.98 Å². The Morgan fingerprint density at radius 1 is 1.43 bits per heavy atom. The third kappa shape index (κ3) is 1.63. The number of aromatic nitrogens is 1. The molecule has 14 heavy (non-hydrogen) atoms. The molecule has 1 heterocycles. The van der Waals surface area contributed by atoms with Crippen LogP contribution in [0.5, 0.6) is 0 Å². The lowest BCUT2D eigenvalue weighted by atomic mass is 10.1. The zero-order valence-electron chi connectivity index (χ0n) is 7.42. The van der Waals surface area contributed by atoms with E-state index < -0.39 is 0 Å². The summed E-state index contributed by atoms with van der Waals surface area (Å²) >= 11 is 5.49. The lowest BCUT2D eigenvalue weighted by Crippen LogP contribution is -1.83. The van der Waals surface area contributed by atoms with E-state index >= 15 is 0 Å². The second-order valence-electron chi connectivity index (χ2n) is 2.96. The van der Waals surface area contributed by atoms with Gasteiger partial charge in [0.15, 0.2) is 5.76 Å². The molecule has 0 saturated carbocycles. The van der Waals surface area contributed by atoms with E-state index in [1.807, 2.05) is 6.92 Å². The van der Waals surface area contributed by atoms with Gasteiger partial charge in [0, 0.05) is 0 Å². The standard InChI is InChI=1S/C10H7ClFNO/c1-6-2-3-7(8(12)4-6)9-5-13-10(11)14-9/h2-5H,1H3. The van der Waals surface area contributed by atoms with Crippen LogP contribution < -0.4 is 0 Å². The molecule has 0 bridgehead atoms. The SMILES string of the molecule is Cc1ccc(-c2cnc(Cl)o2)c(F)c1. The summed E-state index contributed by atoms with van der Waals surface area (Å²) in [6, 6.07) is 4.88. The maximum absolute atomic E-state index is 13.4. The predicted octanol–water partition coefficient (Wildman–Crippen LogP) is 3.44. The highest BCUT2D eigenvalue weighted by Crippen LogP contribution is 2.25. The highest BCUT2D eigenvalue weighted by atomic mass is 35.5. The fourth-order valence-corrected chi connectivity index (χ4v) is 1.33. The Kier molecular flexibility index (Phi) is 2.25. The first-order valence-corrected chi connectivity index (χ1v) is 4.42. The van der Waals surface area contributed by atoms with Crippen LogP contribution in [0.1, 0.15) is 5.56 Å². The summed E-state index contributed by atoms with van der Waals surface area (Å²) in [6.07, 6.45) is 1.40. The molecular formula is C10H7ClFNO. The van der Waals surface area contributed by atoms with Crippen LogP contribution in [0.15, 0.2) is 28.8 Å². The van der Waals surface area contributed by atoms with Crippen molar-refractivity contribution in [2.45, 2.75) is 6.92 Å². The van der Waals surface area contributed by atoms with Gasteiger partial charge in [-0.25, -0.2) is 9.37 Å². The maximum atomic E-state index is 13.4. The molecule has 0 radical (unpaired) electrons. The number of hydrogen-bond acceptors (Lipinski definition) is 2. The predicted molar refractivity (Wildman–Crippen MR) is 51.6 cm³/mol. The van der Waals surface area contributed by atoms with E-state index in [1.165, 1.54) is 12.3 Å². The van der Waals surface area contributed by atoms with E-state index in [1.54, 1.807) is 12.1 Å². The van der Waals surface area contributed by atoms with E-state index in [-0.39, 0.29) is 11.2 Å². The van der Waals surface area contributed by atoms with Crippen LogP contribution in [-0.2, 0) is 0 Å². The largest absolute Gasteiger partial charge is 0.427 e. The number of hydrogen-bond donors (Lipinski definition) is 0. The van der Waals surface area contributed by atoms with Crippen molar-refractivity contribution in [1.82, 2.24) is 4.98 Å². The molecule has 1 aromatic heterocycles. The lowest BCUT2D eigenvalue weighted by Gasteiger charge is -1.99. The molecule has 0 spiro atoms. The summed E-state index contributed by atoms with van der Waals surface area (Å²) in [5, 5.41) is 0.0139. The number of rotatable bonds is 1. The zero-order valence-corrected chi connectivity index (χ0v) is 8.18. The summed E-state index contributed by atoms with van der Waals surface area (Å²) in [5.41, 5.74) is 1.23. The average molecular weight is 212 g/mol. The van der Waals surface area contributed by atoms with Crippen molar-refractivity contribution < 1.29 is 8.81 Å². The van der Waals surface area contributed by atoms with Crippen molar-refractivity contribution >= 4 is 11.6 Å². The summed E-state index contributed by atoms with van der Waals surface area (Å²) in [6.45, 7) is 1.82. The average Bonchev–Trinajstić information content (AvgIpc) is 2.51. The Labute approximate surface area is 85.3 Å². The van der Waals surface area contributed by atoms with Crippen LogP contribution in [-0.4, -0.2) is 4.98 Å². The van der Waals surface area contributed by atoms with E-state index in [0.29, 0.717) is 11.3 Å². The second-order valence-corrected chi connectivity index (χ2v) is 3.28. The molecule has 2 rings (SSSR count). The normalized spacial score (nSPS) is 10.5. The quantitative estimate of drug-likeness (QED) is 0.722. The molecule has 0 unspecified atom stereocenters. The van der Waals surface area contributed by atoms with Crippen LogP contribution in [0.2, 0.25) is 5.35 Å². The first-order valence-electron chi connectivity index (χ1n) is 4.04. The molecule has 0 atom stereocenters. The fraction of sp³-hybridized carbons (Fsp3) is 0.100. The van der Waals surface area contributed by atoms with Crippen LogP contribution in [0.25, 0.3) is 11.3 Å². The van der Waals surface area contributed by atoms with Crippen molar-refractivity contribution in [3.8, 4) is 11.3 Å². The van der Waals surface area contributed by atoms with Gasteiger partial charge in [0.2, 0.25) is 0 Å². The van der Waals surface area contributed by atoms with E-state index in [0.717, 1.165) is 5.56 Å². The van der Waals surface area contributed by atoms with Gasteiger partial charge in [0.05, 0.1) is 11.8 Å². The van der Waals surface area contributed by atoms with Gasteiger partial charge in [-0.15, -0.1) is 0 Å². The molecule has 0 aliphatic rings. The number of aryl methyl sites for hydroxylation is 1. The first-order chi connectivity index (χ1) is 6.66. The first kappa shape index (κ1) is 9.21. The van der Waals surface area contributed by atoms with Gasteiger partial charge >= 0.3 is 0 Å². The molecule has 0 amide bonds. The molecule has 2 nitrogen and oxygen atoms in total. The van der Waals surface area contributed by atoms with E-state index in [4.69, 9.17) is 16.0 Å². The van der Waals surface area contributed by atoms with Crippen LogP contribution in [0.4, 0.5) is 4.39 Å². The molecule has 4 heteroatoms. The van der Waals surface area contributed by atoms with Crippen molar-refractivity contribution in [3.63, 3.8) is 0 Å². The molecule has 0 N–H and O–H groups in total. The van der Waals surface area contributed by atoms with Gasteiger partial charge in [-0.3, -0.25) is 0 Å². The summed E-state index contributed by atoms with van der Waals surface area (Å²) in [7, 11) is 0. The third-order valence-corrected chi connectivity index (χ3v) is 2.04. The second kappa shape index (κ2) is 3.42. The molecule has 0 saturated heterocycles. The molecule has 2 aromatic rings.